The first-order valence-corrected chi connectivity index (χ1v) is 4.09. The van der Waals surface area contributed by atoms with Gasteiger partial charge >= 0.3 is 6.98 Å². The molecule has 0 amide bonds. The van der Waals surface area contributed by atoms with Gasteiger partial charge in [-0.25, -0.2) is 0 Å². The van der Waals surface area contributed by atoms with Gasteiger partial charge in [-0.2, -0.15) is 0 Å². The number of halogens is 3. The van der Waals surface area contributed by atoms with E-state index in [2.05, 4.69) is 10.9 Å². The van der Waals surface area contributed by atoms with E-state index in [0.717, 1.165) is 0 Å². The van der Waals surface area contributed by atoms with Crippen molar-refractivity contribution in [3.8, 4) is 12.3 Å². The molecule has 14 heavy (non-hydrogen) atoms. The minimum atomic E-state index is -4.82. The Morgan fingerprint density at radius 2 is 2.07 bits per heavy atom. The molecule has 74 valence electrons. The van der Waals surface area contributed by atoms with Gasteiger partial charge in [0.15, 0.2) is 0 Å². The van der Waals surface area contributed by atoms with Gasteiger partial charge in [0.2, 0.25) is 0 Å². The third-order valence-electron chi connectivity index (χ3n) is 1.75. The highest BCUT2D eigenvalue weighted by Crippen LogP contribution is 2.18. The first-order valence-electron chi connectivity index (χ1n) is 4.09. The SMILES string of the molecule is C#CCc1ccncc1C[B-](F)(F)F. The maximum Gasteiger partial charge on any atom is 0.482 e. The molecule has 1 aromatic rings. The van der Waals surface area contributed by atoms with Crippen molar-refractivity contribution < 1.29 is 12.9 Å². The summed E-state index contributed by atoms with van der Waals surface area (Å²) in [6.45, 7) is -4.82. The van der Waals surface area contributed by atoms with E-state index in [1.165, 1.54) is 18.5 Å². The van der Waals surface area contributed by atoms with Gasteiger partial charge in [-0.15, -0.1) is 12.3 Å². The van der Waals surface area contributed by atoms with Crippen molar-refractivity contribution in [2.24, 2.45) is 0 Å². The Balaban J connectivity index is 2.91. The highest BCUT2D eigenvalue weighted by Gasteiger charge is 2.24. The van der Waals surface area contributed by atoms with Crippen LogP contribution in [0.4, 0.5) is 12.9 Å². The summed E-state index contributed by atoms with van der Waals surface area (Å²) in [5.74, 6) is 2.32. The summed E-state index contributed by atoms with van der Waals surface area (Å²) in [5, 5.41) is 0. The largest absolute Gasteiger partial charge is 0.482 e. The van der Waals surface area contributed by atoms with E-state index in [-0.39, 0.29) is 12.0 Å². The molecule has 1 heterocycles. The summed E-state index contributed by atoms with van der Waals surface area (Å²) in [5.41, 5.74) is 0.708. The zero-order chi connectivity index (χ0) is 10.6. The zero-order valence-corrected chi connectivity index (χ0v) is 7.38. The summed E-state index contributed by atoms with van der Waals surface area (Å²) in [6.07, 6.45) is 7.02. The van der Waals surface area contributed by atoms with Gasteiger partial charge < -0.3 is 12.9 Å². The molecule has 0 saturated heterocycles. The highest BCUT2D eigenvalue weighted by molar-refractivity contribution is 6.57. The van der Waals surface area contributed by atoms with Gasteiger partial charge in [-0.3, -0.25) is 4.98 Å². The number of hydrogen-bond donors (Lipinski definition) is 0. The Morgan fingerprint density at radius 3 is 2.64 bits per heavy atom. The summed E-state index contributed by atoms with van der Waals surface area (Å²) < 4.78 is 36.4. The van der Waals surface area contributed by atoms with Crippen molar-refractivity contribution in [3.05, 3.63) is 29.6 Å². The molecular formula is C9H8BF3N-. The molecule has 0 bridgehead atoms. The van der Waals surface area contributed by atoms with E-state index in [0.29, 0.717) is 5.56 Å². The van der Waals surface area contributed by atoms with Crippen molar-refractivity contribution in [3.63, 3.8) is 0 Å². The minimum absolute atomic E-state index is 0.179. The summed E-state index contributed by atoms with van der Waals surface area (Å²) in [7, 11) is 0. The lowest BCUT2D eigenvalue weighted by atomic mass is 9.80. The van der Waals surface area contributed by atoms with Crippen LogP contribution in [-0.4, -0.2) is 12.0 Å². The maximum absolute atomic E-state index is 12.1. The topological polar surface area (TPSA) is 12.9 Å². The van der Waals surface area contributed by atoms with Gasteiger partial charge in [0.1, 0.15) is 0 Å². The molecule has 1 nitrogen and oxygen atoms in total. The molecule has 0 unspecified atom stereocenters. The number of pyridine rings is 1. The van der Waals surface area contributed by atoms with E-state index in [4.69, 9.17) is 6.42 Å². The second kappa shape index (κ2) is 4.18. The molecular weight excluding hydrogens is 190 g/mol. The molecule has 0 aliphatic carbocycles. The van der Waals surface area contributed by atoms with Crippen molar-refractivity contribution in [2.75, 3.05) is 0 Å². The molecule has 0 spiro atoms. The van der Waals surface area contributed by atoms with Crippen molar-refractivity contribution >= 4 is 6.98 Å². The second-order valence-electron chi connectivity index (χ2n) is 2.94. The number of rotatable bonds is 3. The van der Waals surface area contributed by atoms with E-state index in [1.54, 1.807) is 0 Å². The first kappa shape index (κ1) is 10.6. The number of hydrogen-bond acceptors (Lipinski definition) is 1. The standard InChI is InChI=1S/C9H8BF3N/c1-2-3-8-4-5-14-7-9(8)6-10(11,12)13/h1,4-5,7H,3,6H2/q-1. The van der Waals surface area contributed by atoms with Crippen LogP contribution in [0.15, 0.2) is 18.5 Å². The van der Waals surface area contributed by atoms with Crippen LogP contribution in [0.5, 0.6) is 0 Å². The molecule has 0 aliphatic heterocycles. The molecule has 0 N–H and O–H groups in total. The Labute approximate surface area is 80.4 Å². The van der Waals surface area contributed by atoms with Gasteiger partial charge in [-0.05, 0) is 11.6 Å². The predicted molar refractivity (Wildman–Crippen MR) is 49.6 cm³/mol. The average molecular weight is 198 g/mol. The fourth-order valence-electron chi connectivity index (χ4n) is 1.17. The normalized spacial score (nSPS) is 11.0. The molecule has 1 rings (SSSR count). The fourth-order valence-corrected chi connectivity index (χ4v) is 1.17. The van der Waals surface area contributed by atoms with Crippen LogP contribution in [-0.2, 0) is 12.7 Å². The van der Waals surface area contributed by atoms with Crippen LogP contribution < -0.4 is 0 Å². The van der Waals surface area contributed by atoms with Crippen molar-refractivity contribution in [1.82, 2.24) is 4.98 Å². The second-order valence-corrected chi connectivity index (χ2v) is 2.94. The summed E-state index contributed by atoms with van der Waals surface area (Å²) >= 11 is 0. The van der Waals surface area contributed by atoms with Crippen LogP contribution in [0.1, 0.15) is 11.1 Å². The quantitative estimate of drug-likeness (QED) is 0.535. The van der Waals surface area contributed by atoms with Crippen molar-refractivity contribution in [2.45, 2.75) is 12.7 Å². The first-order chi connectivity index (χ1) is 6.53. The minimum Gasteiger partial charge on any atom is -0.449 e. The van der Waals surface area contributed by atoms with Crippen LogP contribution >= 0.6 is 0 Å². The maximum atomic E-state index is 12.1. The van der Waals surface area contributed by atoms with Gasteiger partial charge in [0.25, 0.3) is 0 Å². The average Bonchev–Trinajstić information content (AvgIpc) is 2.06. The predicted octanol–water partition coefficient (Wildman–Crippen LogP) is 2.19. The Kier molecular flexibility index (Phi) is 3.18. The molecule has 0 atom stereocenters. The molecule has 0 fully saturated rings. The third-order valence-corrected chi connectivity index (χ3v) is 1.75. The molecule has 0 aromatic carbocycles. The lowest BCUT2D eigenvalue weighted by Gasteiger charge is -2.15. The van der Waals surface area contributed by atoms with E-state index in [9.17, 15) is 12.9 Å². The van der Waals surface area contributed by atoms with Gasteiger partial charge in [0.05, 0.1) is 0 Å². The fraction of sp³-hybridized carbons (Fsp3) is 0.222. The lowest BCUT2D eigenvalue weighted by Crippen LogP contribution is -2.20. The monoisotopic (exact) mass is 198 g/mol. The van der Waals surface area contributed by atoms with Crippen LogP contribution in [0.2, 0.25) is 0 Å². The third kappa shape index (κ3) is 3.13. The molecule has 0 aliphatic rings. The van der Waals surface area contributed by atoms with Crippen LogP contribution in [0, 0.1) is 12.3 Å². The van der Waals surface area contributed by atoms with Gasteiger partial charge in [-0.1, -0.05) is 11.9 Å². The van der Waals surface area contributed by atoms with Crippen molar-refractivity contribution in [1.29, 1.82) is 0 Å². The summed E-state index contributed by atoms with van der Waals surface area (Å²) in [6, 6.07) is 1.52. The molecule has 0 saturated carbocycles. The van der Waals surface area contributed by atoms with E-state index in [1.807, 2.05) is 0 Å². The van der Waals surface area contributed by atoms with E-state index >= 15 is 0 Å². The van der Waals surface area contributed by atoms with E-state index < -0.39 is 13.3 Å². The highest BCUT2D eigenvalue weighted by atomic mass is 19.4. The Morgan fingerprint density at radius 1 is 1.36 bits per heavy atom. The zero-order valence-electron chi connectivity index (χ0n) is 7.38. The smallest absolute Gasteiger partial charge is 0.449 e. The van der Waals surface area contributed by atoms with Crippen LogP contribution in [0.25, 0.3) is 0 Å². The molecule has 1 aromatic heterocycles. The van der Waals surface area contributed by atoms with Crippen LogP contribution in [0.3, 0.4) is 0 Å². The Bertz CT molecular complexity index is 354. The summed E-state index contributed by atoms with van der Waals surface area (Å²) in [4.78, 5) is 3.65. The number of nitrogens with zero attached hydrogens (tertiary/aromatic N) is 1. The Hall–Kier alpha value is -1.44. The number of aromatic nitrogens is 1. The molecule has 5 heteroatoms. The number of terminal acetylenes is 1. The van der Waals surface area contributed by atoms with Gasteiger partial charge in [0, 0.05) is 18.8 Å². The molecule has 0 radical (unpaired) electrons. The lowest BCUT2D eigenvalue weighted by molar-refractivity contribution is 0.468.